The number of carbonyl (C=O) groups excluding carboxylic acids is 1. The van der Waals surface area contributed by atoms with E-state index in [4.69, 9.17) is 0 Å². The van der Waals surface area contributed by atoms with Crippen LogP contribution in [0.5, 0.6) is 0 Å². The van der Waals surface area contributed by atoms with Gasteiger partial charge >= 0.3 is 0 Å². The second kappa shape index (κ2) is 5.53. The number of allylic oxidation sites excluding steroid dienone is 6. The summed E-state index contributed by atoms with van der Waals surface area (Å²) < 4.78 is 27.1. The number of aldehydes is 1. The van der Waals surface area contributed by atoms with Crippen molar-refractivity contribution in [3.63, 3.8) is 0 Å². The number of hydrogen-bond acceptors (Lipinski definition) is 1. The Hall–Kier alpha value is -2.03. The highest BCUT2D eigenvalue weighted by atomic mass is 19.3. The Morgan fingerprint density at radius 1 is 1.15 bits per heavy atom. The van der Waals surface area contributed by atoms with Crippen molar-refractivity contribution in [1.82, 2.24) is 0 Å². The molecule has 0 amide bonds. The van der Waals surface area contributed by atoms with E-state index >= 15 is 0 Å². The fourth-order valence-corrected chi connectivity index (χ4v) is 2.09. The highest BCUT2D eigenvalue weighted by molar-refractivity contribution is 5.80. The third kappa shape index (κ3) is 3.29. The van der Waals surface area contributed by atoms with Crippen molar-refractivity contribution in [1.29, 1.82) is 0 Å². The van der Waals surface area contributed by atoms with Gasteiger partial charge in [-0.2, -0.15) is 0 Å². The summed E-state index contributed by atoms with van der Waals surface area (Å²) in [4.78, 5) is 10.6. The van der Waals surface area contributed by atoms with Gasteiger partial charge in [-0.15, -0.1) is 0 Å². The van der Waals surface area contributed by atoms with Crippen LogP contribution in [0.15, 0.2) is 53.6 Å². The predicted molar refractivity (Wildman–Crippen MR) is 76.9 cm³/mol. The van der Waals surface area contributed by atoms with Crippen LogP contribution in [0.1, 0.15) is 36.2 Å². The molecule has 0 saturated heterocycles. The van der Waals surface area contributed by atoms with Crippen LogP contribution in [0.3, 0.4) is 0 Å². The van der Waals surface area contributed by atoms with E-state index in [9.17, 15) is 13.6 Å². The molecule has 0 fully saturated rings. The summed E-state index contributed by atoms with van der Waals surface area (Å²) >= 11 is 0. The first-order valence-electron chi connectivity index (χ1n) is 6.43. The highest BCUT2D eigenvalue weighted by Gasteiger charge is 2.26. The number of rotatable bonds is 3. The van der Waals surface area contributed by atoms with Crippen molar-refractivity contribution in [3.05, 3.63) is 64.8 Å². The normalized spacial score (nSPS) is 15.9. The van der Waals surface area contributed by atoms with Gasteiger partial charge in [-0.05, 0) is 30.6 Å². The van der Waals surface area contributed by atoms with Crippen molar-refractivity contribution >= 4 is 11.9 Å². The van der Waals surface area contributed by atoms with Gasteiger partial charge in [0, 0.05) is 18.1 Å². The first kappa shape index (κ1) is 14.4. The van der Waals surface area contributed by atoms with Crippen LogP contribution >= 0.6 is 0 Å². The van der Waals surface area contributed by atoms with E-state index in [2.05, 4.69) is 0 Å². The Labute approximate surface area is 117 Å². The van der Waals surface area contributed by atoms with E-state index in [0.717, 1.165) is 29.9 Å². The molecule has 0 saturated carbocycles. The average molecular weight is 274 g/mol. The molecule has 0 spiro atoms. The molecule has 104 valence electrons. The maximum absolute atomic E-state index is 13.5. The number of hydrogen-bond donors (Lipinski definition) is 0. The van der Waals surface area contributed by atoms with Gasteiger partial charge in [0.1, 0.15) is 6.29 Å². The molecule has 2 rings (SSSR count). The van der Waals surface area contributed by atoms with E-state index in [1.54, 1.807) is 30.3 Å². The molecule has 0 bridgehead atoms. The Morgan fingerprint density at radius 3 is 2.35 bits per heavy atom. The summed E-state index contributed by atoms with van der Waals surface area (Å²) in [6.45, 7) is 2.82. The van der Waals surface area contributed by atoms with E-state index in [1.807, 2.05) is 13.0 Å². The second-order valence-corrected chi connectivity index (χ2v) is 5.08. The minimum Gasteiger partial charge on any atom is -0.298 e. The quantitative estimate of drug-likeness (QED) is 0.723. The lowest BCUT2D eigenvalue weighted by Gasteiger charge is -2.12. The summed E-state index contributed by atoms with van der Waals surface area (Å²) in [5.74, 6) is -2.85. The summed E-state index contributed by atoms with van der Waals surface area (Å²) in [6, 6.07) is 6.92. The fraction of sp³-hybridized carbons (Fsp3) is 0.235. The van der Waals surface area contributed by atoms with E-state index in [-0.39, 0.29) is 5.57 Å². The van der Waals surface area contributed by atoms with Crippen molar-refractivity contribution in [2.24, 2.45) is 0 Å². The van der Waals surface area contributed by atoms with Crippen LogP contribution in [-0.4, -0.2) is 12.2 Å². The monoisotopic (exact) mass is 274 g/mol. The molecule has 0 heterocycles. The Balaban J connectivity index is 2.45. The molecule has 1 aliphatic carbocycles. The van der Waals surface area contributed by atoms with Crippen LogP contribution in [0, 0.1) is 0 Å². The average Bonchev–Trinajstić information content (AvgIpc) is 2.60. The molecule has 0 N–H and O–H groups in total. The molecule has 1 aliphatic rings. The lowest BCUT2D eigenvalue weighted by Crippen LogP contribution is -2.12. The van der Waals surface area contributed by atoms with Crippen molar-refractivity contribution in [2.45, 2.75) is 26.2 Å². The molecule has 1 nitrogen and oxygen atoms in total. The smallest absolute Gasteiger partial charge is 0.270 e. The van der Waals surface area contributed by atoms with Crippen LogP contribution in [0.4, 0.5) is 8.78 Å². The summed E-state index contributed by atoms with van der Waals surface area (Å²) in [5, 5.41) is 0. The van der Waals surface area contributed by atoms with Gasteiger partial charge in [0.05, 0.1) is 0 Å². The minimum absolute atomic E-state index is 0.0278. The van der Waals surface area contributed by atoms with Gasteiger partial charge in [-0.3, -0.25) is 4.79 Å². The molecular formula is C17H16F2O. The van der Waals surface area contributed by atoms with Crippen molar-refractivity contribution in [3.8, 4) is 0 Å². The van der Waals surface area contributed by atoms with Crippen molar-refractivity contribution < 1.29 is 13.6 Å². The van der Waals surface area contributed by atoms with Crippen LogP contribution in [0.25, 0.3) is 5.57 Å². The molecule has 0 aliphatic heterocycles. The van der Waals surface area contributed by atoms with Crippen molar-refractivity contribution in [2.75, 3.05) is 0 Å². The molecule has 20 heavy (non-hydrogen) atoms. The van der Waals surface area contributed by atoms with Gasteiger partial charge in [0.15, 0.2) is 0 Å². The largest absolute Gasteiger partial charge is 0.298 e. The molecule has 0 radical (unpaired) electrons. The first-order valence-corrected chi connectivity index (χ1v) is 6.43. The maximum Gasteiger partial charge on any atom is 0.270 e. The molecular weight excluding hydrogens is 258 g/mol. The Bertz CT molecular complexity index is 599. The van der Waals surface area contributed by atoms with Crippen LogP contribution in [-0.2, 0) is 0 Å². The zero-order valence-electron chi connectivity index (χ0n) is 11.5. The number of alkyl halides is 2. The minimum atomic E-state index is -2.85. The number of halogens is 2. The molecule has 0 unspecified atom stereocenters. The zero-order valence-corrected chi connectivity index (χ0v) is 11.5. The first-order chi connectivity index (χ1) is 9.40. The lowest BCUT2D eigenvalue weighted by atomic mass is 10.00. The highest BCUT2D eigenvalue weighted by Crippen LogP contribution is 2.32. The fourth-order valence-electron chi connectivity index (χ4n) is 2.09. The molecule has 1 aromatic carbocycles. The topological polar surface area (TPSA) is 17.1 Å². The van der Waals surface area contributed by atoms with Gasteiger partial charge in [0.2, 0.25) is 0 Å². The third-order valence-corrected chi connectivity index (χ3v) is 3.24. The standard InChI is InChI=1S/C17H16F2O/c1-12-3-8-16(17(2,18)19)10-15(9-12)14-6-4-13(11-20)5-7-14/h4-11H,3H2,1-2H3. The van der Waals surface area contributed by atoms with E-state index in [0.29, 0.717) is 12.0 Å². The third-order valence-electron chi connectivity index (χ3n) is 3.24. The number of benzene rings is 1. The Morgan fingerprint density at radius 2 is 1.80 bits per heavy atom. The number of carbonyl (C=O) groups is 1. The second-order valence-electron chi connectivity index (χ2n) is 5.08. The SMILES string of the molecule is CC1=CC(c2ccc(C=O)cc2)=CC(C(C)(F)F)=CC1. The summed E-state index contributed by atoms with van der Waals surface area (Å²) in [7, 11) is 0. The summed E-state index contributed by atoms with van der Waals surface area (Å²) in [5.41, 5.74) is 3.19. The summed E-state index contributed by atoms with van der Waals surface area (Å²) in [6.07, 6.45) is 6.28. The predicted octanol–water partition coefficient (Wildman–Crippen LogP) is 4.81. The van der Waals surface area contributed by atoms with Gasteiger partial charge in [-0.1, -0.05) is 42.0 Å². The van der Waals surface area contributed by atoms with Gasteiger partial charge in [0.25, 0.3) is 5.92 Å². The van der Waals surface area contributed by atoms with Gasteiger partial charge in [-0.25, -0.2) is 8.78 Å². The van der Waals surface area contributed by atoms with Crippen LogP contribution in [0.2, 0.25) is 0 Å². The van der Waals surface area contributed by atoms with E-state index in [1.165, 1.54) is 6.08 Å². The molecule has 3 heteroatoms. The molecule has 1 aromatic rings. The van der Waals surface area contributed by atoms with Crippen LogP contribution < -0.4 is 0 Å². The Kier molecular flexibility index (Phi) is 3.98. The molecule has 0 aromatic heterocycles. The molecule has 0 atom stereocenters. The van der Waals surface area contributed by atoms with Gasteiger partial charge < -0.3 is 0 Å². The zero-order chi connectivity index (χ0) is 14.8. The lowest BCUT2D eigenvalue weighted by molar-refractivity contribution is 0.0673. The maximum atomic E-state index is 13.5. The van der Waals surface area contributed by atoms with E-state index < -0.39 is 5.92 Å².